The second-order valence-corrected chi connectivity index (χ2v) is 4.24. The summed E-state index contributed by atoms with van der Waals surface area (Å²) in [5.74, 6) is -1.74. The van der Waals surface area contributed by atoms with Crippen LogP contribution in [0.4, 0.5) is 0 Å². The van der Waals surface area contributed by atoms with Crippen LogP contribution in [0, 0.1) is 0 Å². The van der Waals surface area contributed by atoms with Crippen molar-refractivity contribution in [3.05, 3.63) is 35.5 Å². The van der Waals surface area contributed by atoms with E-state index in [4.69, 9.17) is 20.4 Å². The smallest absolute Gasteiger partial charge is 0.333 e. The van der Waals surface area contributed by atoms with E-state index in [1.54, 1.807) is 6.92 Å². The van der Waals surface area contributed by atoms with Crippen LogP contribution < -0.4 is 0 Å². The van der Waals surface area contributed by atoms with Gasteiger partial charge in [0.1, 0.15) is 0 Å². The molecule has 0 amide bonds. The van der Waals surface area contributed by atoms with Crippen LogP contribution in [-0.4, -0.2) is 66.3 Å². The van der Waals surface area contributed by atoms with Crippen molar-refractivity contribution in [3.8, 4) is 0 Å². The summed E-state index contributed by atoms with van der Waals surface area (Å²) in [5.41, 5.74) is 0. The van der Waals surface area contributed by atoms with Crippen LogP contribution in [0.2, 0.25) is 0 Å². The first kappa shape index (κ1) is 36.6. The second kappa shape index (κ2) is 26.9. The third-order valence-corrected chi connectivity index (χ3v) is 1.58. The van der Waals surface area contributed by atoms with Crippen molar-refractivity contribution in [1.82, 2.24) is 0 Å². The summed E-state index contributed by atoms with van der Waals surface area (Å²) >= 11 is 0. The number of hydrogen-bond donors (Lipinski definition) is 4. The minimum absolute atomic E-state index is 0. The molecule has 0 unspecified atom stereocenters. The maximum atomic E-state index is 10.2. The number of esters is 3. The molecule has 0 spiro atoms. The van der Waals surface area contributed by atoms with Gasteiger partial charge in [-0.25, -0.2) is 14.4 Å². The fourth-order valence-corrected chi connectivity index (χ4v) is 0.688. The third kappa shape index (κ3) is 49.5. The van der Waals surface area contributed by atoms with Crippen LogP contribution in [0.1, 0.15) is 27.7 Å². The van der Waals surface area contributed by atoms with Crippen LogP contribution in [0.25, 0.3) is 0 Å². The van der Waals surface area contributed by atoms with Gasteiger partial charge in [-0.05, 0) is 27.7 Å². The maximum absolute atomic E-state index is 10.2. The van der Waals surface area contributed by atoms with E-state index in [-0.39, 0.29) is 45.6 Å². The van der Waals surface area contributed by atoms with Crippen LogP contribution >= 0.6 is 0 Å². The van der Waals surface area contributed by atoms with E-state index >= 15 is 0 Å². The molecular weight excluding hydrogens is 412 g/mol. The van der Waals surface area contributed by atoms with E-state index in [1.807, 2.05) is 0 Å². The van der Waals surface area contributed by atoms with E-state index in [1.165, 1.54) is 42.1 Å². The van der Waals surface area contributed by atoms with Crippen LogP contribution in [0.3, 0.4) is 0 Å². The molecule has 0 aliphatic heterocycles. The van der Waals surface area contributed by atoms with E-state index in [2.05, 4.69) is 14.2 Å². The van der Waals surface area contributed by atoms with Crippen LogP contribution in [0.5, 0.6) is 0 Å². The molecule has 0 rings (SSSR count). The Labute approximate surface area is 180 Å². The van der Waals surface area contributed by atoms with Crippen molar-refractivity contribution >= 4 is 17.9 Å². The summed E-state index contributed by atoms with van der Waals surface area (Å²) in [4.78, 5) is 30.5. The molecule has 0 aromatic rings. The summed E-state index contributed by atoms with van der Waals surface area (Å²) in [6.07, 6.45) is 3.00. The average Bonchev–Trinajstić information content (AvgIpc) is 2.54. The molecule has 10 nitrogen and oxygen atoms in total. The maximum Gasteiger partial charge on any atom is 0.333 e. The van der Waals surface area contributed by atoms with Gasteiger partial charge in [0.2, 0.25) is 0 Å². The first-order chi connectivity index (χ1) is 12.4. The molecule has 0 atom stereocenters. The molecular formula is C17H30O10Ti. The zero-order valence-corrected chi connectivity index (χ0v) is 18.7. The predicted molar refractivity (Wildman–Crippen MR) is 98.0 cm³/mol. The number of aliphatic hydroxyl groups is 4. The second-order valence-electron chi connectivity index (χ2n) is 4.24. The molecule has 162 valence electrons. The zero-order chi connectivity index (χ0) is 22.4. The van der Waals surface area contributed by atoms with Gasteiger partial charge in [0.15, 0.2) is 0 Å². The van der Waals surface area contributed by atoms with Crippen molar-refractivity contribution in [3.63, 3.8) is 0 Å². The van der Waals surface area contributed by atoms with Gasteiger partial charge in [0, 0.05) is 28.3 Å². The van der Waals surface area contributed by atoms with Crippen molar-refractivity contribution < 1.29 is 70.7 Å². The van der Waals surface area contributed by atoms with Gasteiger partial charge in [0.25, 0.3) is 0 Å². The van der Waals surface area contributed by atoms with Gasteiger partial charge in [-0.3, -0.25) is 0 Å². The van der Waals surface area contributed by atoms with Crippen molar-refractivity contribution in [2.75, 3.05) is 27.9 Å². The average molecular weight is 442 g/mol. The number of methoxy groups -OCH3 is 3. The first-order valence-electron chi connectivity index (χ1n) is 7.38. The Morgan fingerprint density at radius 3 is 0.857 bits per heavy atom. The number of rotatable bonds is 3. The van der Waals surface area contributed by atoms with E-state index in [0.717, 1.165) is 18.2 Å². The Bertz CT molecular complexity index is 427. The van der Waals surface area contributed by atoms with Crippen molar-refractivity contribution in [2.45, 2.75) is 27.7 Å². The molecule has 0 saturated carbocycles. The zero-order valence-electron chi connectivity index (χ0n) is 17.2. The number of ether oxygens (including phenoxy) is 3. The van der Waals surface area contributed by atoms with Gasteiger partial charge < -0.3 is 34.6 Å². The van der Waals surface area contributed by atoms with E-state index in [9.17, 15) is 14.4 Å². The number of aliphatic hydroxyl groups excluding tert-OH is 4. The molecule has 0 fully saturated rings. The number of hydrogen-bond acceptors (Lipinski definition) is 10. The number of carbonyl (C=O) groups is 3. The predicted octanol–water partition coefficient (Wildman–Crippen LogP) is 1.86. The first-order valence-corrected chi connectivity index (χ1v) is 7.38. The fraction of sp³-hybridized carbons (Fsp3) is 0.471. The fourth-order valence-electron chi connectivity index (χ4n) is 0.688. The molecule has 28 heavy (non-hydrogen) atoms. The van der Waals surface area contributed by atoms with Crippen molar-refractivity contribution in [1.29, 1.82) is 0 Å². The Balaban J connectivity index is -0.0000000866. The molecule has 0 radical (unpaired) electrons. The summed E-state index contributed by atoms with van der Waals surface area (Å²) in [7, 11) is 3.76. The molecule has 11 heteroatoms. The molecule has 0 aliphatic rings. The van der Waals surface area contributed by atoms with Gasteiger partial charge in [-0.2, -0.15) is 0 Å². The summed E-state index contributed by atoms with van der Waals surface area (Å²) in [6.45, 7) is 6.13. The molecule has 0 bridgehead atoms. The van der Waals surface area contributed by atoms with Gasteiger partial charge >= 0.3 is 17.9 Å². The molecule has 0 aromatic carbocycles. The van der Waals surface area contributed by atoms with Gasteiger partial charge in [0.05, 0.1) is 56.8 Å². The van der Waals surface area contributed by atoms with Crippen LogP contribution in [-0.2, 0) is 50.3 Å². The normalized spacial score (nSPS) is 10.1. The van der Waals surface area contributed by atoms with Gasteiger partial charge in [-0.15, -0.1) is 0 Å². The minimum Gasteiger partial charge on any atom is -0.512 e. The monoisotopic (exact) mass is 442 g/mol. The molecule has 0 saturated heterocycles. The Hall–Kier alpha value is -2.30. The summed E-state index contributed by atoms with van der Waals surface area (Å²) in [5, 5.41) is 32.8. The number of carbonyl (C=O) groups excluding carboxylic acids is 3. The molecule has 0 aromatic heterocycles. The third-order valence-electron chi connectivity index (χ3n) is 1.58. The molecule has 0 aliphatic carbocycles. The quantitative estimate of drug-likeness (QED) is 0.167. The summed E-state index contributed by atoms with van der Waals surface area (Å²) in [6, 6.07) is 0. The number of allylic oxidation sites excluding steroid dienone is 3. The largest absolute Gasteiger partial charge is 0.512 e. The molecule has 4 N–H and O–H groups in total. The SMILES string of the molecule is CCO.COC(=O)C=C(C)O.COC(=O)C=C(C)O.COC(=O)C=C(C)O.[Ti]. The molecule has 0 heterocycles. The van der Waals surface area contributed by atoms with E-state index in [0.29, 0.717) is 0 Å². The Kier molecular flexibility index (Phi) is 35.2. The van der Waals surface area contributed by atoms with E-state index < -0.39 is 17.9 Å². The Morgan fingerprint density at radius 1 is 0.679 bits per heavy atom. The Morgan fingerprint density at radius 2 is 0.821 bits per heavy atom. The standard InChI is InChI=1S/3C5H8O3.C2H6O.Ti/c3*1-4(6)3-5(7)8-2;1-2-3;/h3*3,6H,1-2H3;3H,2H2,1H3;. The van der Waals surface area contributed by atoms with Crippen LogP contribution in [0.15, 0.2) is 35.5 Å². The van der Waals surface area contributed by atoms with Gasteiger partial charge in [-0.1, -0.05) is 0 Å². The minimum atomic E-state index is -0.537. The summed E-state index contributed by atoms with van der Waals surface area (Å²) < 4.78 is 12.6. The topological polar surface area (TPSA) is 160 Å². The van der Waals surface area contributed by atoms with Crippen molar-refractivity contribution in [2.24, 2.45) is 0 Å².